The van der Waals surface area contributed by atoms with Crippen LogP contribution >= 0.6 is 11.3 Å². The second-order valence-corrected chi connectivity index (χ2v) is 10.3. The predicted octanol–water partition coefficient (Wildman–Crippen LogP) is 2.82. The summed E-state index contributed by atoms with van der Waals surface area (Å²) in [6, 6.07) is 10.5. The molecule has 10 heteroatoms. The van der Waals surface area contributed by atoms with E-state index in [4.69, 9.17) is 4.74 Å². The summed E-state index contributed by atoms with van der Waals surface area (Å²) >= 11 is 1.25. The van der Waals surface area contributed by atoms with Crippen molar-refractivity contribution in [2.75, 3.05) is 50.5 Å². The van der Waals surface area contributed by atoms with Crippen molar-refractivity contribution in [1.29, 1.82) is 0 Å². The Bertz CT molecular complexity index is 1190. The first-order chi connectivity index (χ1) is 14.8. The number of fused-ring (bicyclic) bond motifs is 1. The molecule has 4 rings (SSSR count). The van der Waals surface area contributed by atoms with Crippen molar-refractivity contribution in [3.63, 3.8) is 0 Å². The lowest BCUT2D eigenvalue weighted by atomic mass is 10.2. The van der Waals surface area contributed by atoms with Crippen LogP contribution in [0.5, 0.6) is 0 Å². The van der Waals surface area contributed by atoms with Gasteiger partial charge in [0.05, 0.1) is 22.8 Å². The number of aromatic nitrogens is 1. The van der Waals surface area contributed by atoms with Gasteiger partial charge in [-0.2, -0.15) is 0 Å². The summed E-state index contributed by atoms with van der Waals surface area (Å²) in [5, 5.41) is 0.408. The summed E-state index contributed by atoms with van der Waals surface area (Å²) in [5.41, 5.74) is 0.577. The number of benzene rings is 2. The summed E-state index contributed by atoms with van der Waals surface area (Å²) in [4.78, 5) is 21.6. The number of ether oxygens (including phenoxy) is 1. The maximum absolute atomic E-state index is 14.2. The van der Waals surface area contributed by atoms with Crippen LogP contribution in [-0.2, 0) is 14.6 Å². The molecule has 1 aromatic heterocycles. The summed E-state index contributed by atoms with van der Waals surface area (Å²) in [7, 11) is -3.36. The van der Waals surface area contributed by atoms with E-state index in [1.54, 1.807) is 12.1 Å². The first-order valence-corrected chi connectivity index (χ1v) is 12.5. The third-order valence-corrected chi connectivity index (χ3v) is 7.28. The number of para-hydroxylation sites is 1. The average Bonchev–Trinajstić information content (AvgIpc) is 3.19. The molecule has 0 unspecified atom stereocenters. The molecule has 7 nitrogen and oxygen atoms in total. The van der Waals surface area contributed by atoms with E-state index in [0.717, 1.165) is 19.3 Å². The Kier molecular flexibility index (Phi) is 6.33. The highest BCUT2D eigenvalue weighted by Crippen LogP contribution is 2.31. The molecule has 0 saturated carbocycles. The minimum absolute atomic E-state index is 0.144. The number of nitrogens with zero attached hydrogens (tertiary/aromatic N) is 3. The Morgan fingerprint density at radius 3 is 2.55 bits per heavy atom. The van der Waals surface area contributed by atoms with Crippen LogP contribution in [0.3, 0.4) is 0 Å². The molecule has 2 aromatic carbocycles. The van der Waals surface area contributed by atoms with Gasteiger partial charge in [-0.25, -0.2) is 17.8 Å². The molecule has 1 saturated heterocycles. The standard InChI is InChI=1S/C21H22FN3O4S2/c1-31(27,28)16-7-5-15(6-8-16)20(26)25(10-9-24-11-13-29-14-12-24)21-23-19-17(22)3-2-4-18(19)30-21/h2-8H,9-14H2,1H3. The number of carbonyl (C=O) groups excluding carboxylic acids is 1. The van der Waals surface area contributed by atoms with Gasteiger partial charge < -0.3 is 4.74 Å². The molecular formula is C21H22FN3O4S2. The molecule has 0 aliphatic carbocycles. The summed E-state index contributed by atoms with van der Waals surface area (Å²) < 4.78 is 43.7. The third kappa shape index (κ3) is 4.93. The molecule has 2 heterocycles. The summed E-state index contributed by atoms with van der Waals surface area (Å²) in [6.07, 6.45) is 1.12. The molecule has 3 aromatic rings. The topological polar surface area (TPSA) is 79.8 Å². The van der Waals surface area contributed by atoms with E-state index < -0.39 is 15.7 Å². The predicted molar refractivity (Wildman–Crippen MR) is 118 cm³/mol. The molecule has 1 amide bonds. The number of rotatable bonds is 6. The van der Waals surface area contributed by atoms with Crippen molar-refractivity contribution >= 4 is 42.4 Å². The number of amides is 1. The number of thiazole rings is 1. The molecule has 31 heavy (non-hydrogen) atoms. The lowest BCUT2D eigenvalue weighted by molar-refractivity contribution is 0.0391. The number of sulfone groups is 1. The second-order valence-electron chi connectivity index (χ2n) is 7.29. The van der Waals surface area contributed by atoms with Crippen LogP contribution in [0.4, 0.5) is 9.52 Å². The molecule has 0 N–H and O–H groups in total. The van der Waals surface area contributed by atoms with Crippen LogP contribution < -0.4 is 4.90 Å². The lowest BCUT2D eigenvalue weighted by Gasteiger charge is -2.29. The highest BCUT2D eigenvalue weighted by Gasteiger charge is 2.24. The molecule has 0 atom stereocenters. The van der Waals surface area contributed by atoms with E-state index in [1.165, 1.54) is 46.6 Å². The number of hydrogen-bond acceptors (Lipinski definition) is 7. The van der Waals surface area contributed by atoms with Crippen molar-refractivity contribution in [1.82, 2.24) is 9.88 Å². The minimum atomic E-state index is -3.36. The Balaban J connectivity index is 1.64. The lowest BCUT2D eigenvalue weighted by Crippen LogP contribution is -2.43. The van der Waals surface area contributed by atoms with Crippen molar-refractivity contribution < 1.29 is 22.3 Å². The zero-order valence-corrected chi connectivity index (χ0v) is 18.6. The number of anilines is 1. The number of hydrogen-bond donors (Lipinski definition) is 0. The van der Waals surface area contributed by atoms with Gasteiger partial charge in [-0.1, -0.05) is 17.4 Å². The fourth-order valence-electron chi connectivity index (χ4n) is 3.37. The van der Waals surface area contributed by atoms with E-state index in [0.29, 0.717) is 41.7 Å². The fraction of sp³-hybridized carbons (Fsp3) is 0.333. The maximum Gasteiger partial charge on any atom is 0.260 e. The monoisotopic (exact) mass is 463 g/mol. The molecule has 1 aliphatic rings. The molecule has 0 bridgehead atoms. The molecule has 0 spiro atoms. The first kappa shape index (κ1) is 21.8. The average molecular weight is 464 g/mol. The molecule has 1 aliphatic heterocycles. The Morgan fingerprint density at radius 2 is 1.90 bits per heavy atom. The van der Waals surface area contributed by atoms with Crippen LogP contribution in [0.2, 0.25) is 0 Å². The number of morpholine rings is 1. The van der Waals surface area contributed by atoms with Gasteiger partial charge in [-0.05, 0) is 36.4 Å². The molecular weight excluding hydrogens is 441 g/mol. The van der Waals surface area contributed by atoms with Crippen LogP contribution in [-0.4, -0.2) is 69.9 Å². The quantitative estimate of drug-likeness (QED) is 0.559. The highest BCUT2D eigenvalue weighted by atomic mass is 32.2. The summed E-state index contributed by atoms with van der Waals surface area (Å²) in [6.45, 7) is 3.84. The highest BCUT2D eigenvalue weighted by molar-refractivity contribution is 7.90. The van der Waals surface area contributed by atoms with Crippen molar-refractivity contribution in [2.45, 2.75) is 4.90 Å². The fourth-order valence-corrected chi connectivity index (χ4v) is 5.00. The van der Waals surface area contributed by atoms with Crippen LogP contribution in [0.15, 0.2) is 47.4 Å². The number of halogens is 1. The summed E-state index contributed by atoms with van der Waals surface area (Å²) in [5.74, 6) is -0.745. The van der Waals surface area contributed by atoms with E-state index in [9.17, 15) is 17.6 Å². The van der Waals surface area contributed by atoms with Crippen LogP contribution in [0.25, 0.3) is 10.2 Å². The van der Waals surface area contributed by atoms with Gasteiger partial charge >= 0.3 is 0 Å². The van der Waals surface area contributed by atoms with E-state index in [1.807, 2.05) is 0 Å². The van der Waals surface area contributed by atoms with Gasteiger partial charge in [0.15, 0.2) is 15.0 Å². The van der Waals surface area contributed by atoms with Crippen LogP contribution in [0.1, 0.15) is 10.4 Å². The Labute approximate surface area is 184 Å². The number of carbonyl (C=O) groups is 1. The van der Waals surface area contributed by atoms with E-state index in [2.05, 4.69) is 9.88 Å². The normalized spacial score (nSPS) is 15.3. The van der Waals surface area contributed by atoms with Gasteiger partial charge in [-0.15, -0.1) is 0 Å². The Morgan fingerprint density at radius 1 is 1.19 bits per heavy atom. The van der Waals surface area contributed by atoms with Gasteiger partial charge in [-0.3, -0.25) is 14.6 Å². The Hall–Kier alpha value is -2.40. The molecule has 164 valence electrons. The van der Waals surface area contributed by atoms with Gasteiger partial charge in [0.2, 0.25) is 0 Å². The van der Waals surface area contributed by atoms with Gasteiger partial charge in [0.25, 0.3) is 5.91 Å². The third-order valence-electron chi connectivity index (χ3n) is 5.11. The SMILES string of the molecule is CS(=O)(=O)c1ccc(C(=O)N(CCN2CCOCC2)c2nc3c(F)cccc3s2)cc1. The van der Waals surface area contributed by atoms with Gasteiger partial charge in [0.1, 0.15) is 11.3 Å². The zero-order valence-electron chi connectivity index (χ0n) is 17.0. The molecule has 1 fully saturated rings. The largest absolute Gasteiger partial charge is 0.379 e. The molecule has 0 radical (unpaired) electrons. The van der Waals surface area contributed by atoms with Crippen molar-refractivity contribution in [3.05, 3.63) is 53.8 Å². The second kappa shape index (κ2) is 8.99. The van der Waals surface area contributed by atoms with E-state index >= 15 is 0 Å². The first-order valence-electron chi connectivity index (χ1n) is 9.80. The smallest absolute Gasteiger partial charge is 0.260 e. The zero-order chi connectivity index (χ0) is 22.0. The maximum atomic E-state index is 14.2. The minimum Gasteiger partial charge on any atom is -0.379 e. The van der Waals surface area contributed by atoms with Crippen LogP contribution in [0, 0.1) is 5.82 Å². The van der Waals surface area contributed by atoms with E-state index in [-0.39, 0.29) is 16.3 Å². The van der Waals surface area contributed by atoms with Crippen molar-refractivity contribution in [2.24, 2.45) is 0 Å². The van der Waals surface area contributed by atoms with Crippen molar-refractivity contribution in [3.8, 4) is 0 Å². The van der Waals surface area contributed by atoms with Gasteiger partial charge in [0, 0.05) is 38.0 Å².